The Morgan fingerprint density at radius 2 is 1.76 bits per heavy atom. The zero-order chi connectivity index (χ0) is 28.8. The van der Waals surface area contributed by atoms with Gasteiger partial charge in [-0.25, -0.2) is 0 Å². The number of aliphatic hydroxyl groups excluding tert-OH is 2. The molecule has 3 aliphatic carbocycles. The van der Waals surface area contributed by atoms with Crippen molar-refractivity contribution in [3.8, 4) is 0 Å². The standard InChI is InChI=1S/C31H46O7/c1-18(2)21-10-11-23-22(28(21,4)14-13-25(34)35)12-15-29(5)26(24(33)16-30(23,29)6)20(27(36)37)9-8-19(3)31(7,38)17-32/h11-12,20-21,24,26,32-33,38H,1,3,8-10,13-17H2,2,4-7H3,(H,34,35)(H,36,37)/t20-,21+,24-,26+,28+,29-,30+,31+/m1/s1. The number of allylic oxidation sites excluding steroid dienone is 5. The van der Waals surface area contributed by atoms with Crippen molar-refractivity contribution in [2.24, 2.45) is 34.0 Å². The highest BCUT2D eigenvalue weighted by molar-refractivity contribution is 5.71. The third-order valence-electron chi connectivity index (χ3n) is 10.6. The Bertz CT molecular complexity index is 1070. The van der Waals surface area contributed by atoms with Crippen molar-refractivity contribution >= 4 is 11.9 Å². The van der Waals surface area contributed by atoms with Crippen LogP contribution in [0.25, 0.3) is 0 Å². The Balaban J connectivity index is 2.03. The van der Waals surface area contributed by atoms with Gasteiger partial charge in [0, 0.05) is 17.8 Å². The van der Waals surface area contributed by atoms with Gasteiger partial charge in [0.05, 0.1) is 18.6 Å². The Morgan fingerprint density at radius 3 is 2.29 bits per heavy atom. The minimum atomic E-state index is -1.49. The summed E-state index contributed by atoms with van der Waals surface area (Å²) in [6.07, 6.45) is 6.21. The fourth-order valence-corrected chi connectivity index (χ4v) is 7.93. The summed E-state index contributed by atoms with van der Waals surface area (Å²) < 4.78 is 0. The molecule has 1 saturated carbocycles. The monoisotopic (exact) mass is 530 g/mol. The van der Waals surface area contributed by atoms with Gasteiger partial charge >= 0.3 is 11.9 Å². The molecule has 0 aliphatic heterocycles. The molecule has 0 amide bonds. The number of aliphatic carboxylic acids is 2. The number of hydrogen-bond acceptors (Lipinski definition) is 5. The first-order valence-electron chi connectivity index (χ1n) is 13.7. The zero-order valence-corrected chi connectivity index (χ0v) is 23.6. The van der Waals surface area contributed by atoms with E-state index in [9.17, 15) is 35.1 Å². The number of carboxylic acid groups (broad SMARTS) is 2. The van der Waals surface area contributed by atoms with Gasteiger partial charge in [0.25, 0.3) is 0 Å². The number of carboxylic acids is 2. The number of aliphatic hydroxyl groups is 3. The number of hydrogen-bond donors (Lipinski definition) is 5. The van der Waals surface area contributed by atoms with Crippen LogP contribution in [0.3, 0.4) is 0 Å². The first-order valence-corrected chi connectivity index (χ1v) is 13.7. The molecule has 1 fully saturated rings. The van der Waals surface area contributed by atoms with Crippen LogP contribution in [0.15, 0.2) is 47.6 Å². The van der Waals surface area contributed by atoms with Crippen LogP contribution in [0.4, 0.5) is 0 Å². The highest BCUT2D eigenvalue weighted by Gasteiger charge is 2.65. The van der Waals surface area contributed by atoms with E-state index < -0.39 is 58.3 Å². The van der Waals surface area contributed by atoms with Gasteiger partial charge in [-0.05, 0) is 85.8 Å². The first kappa shape index (κ1) is 30.3. The van der Waals surface area contributed by atoms with Crippen molar-refractivity contribution in [2.45, 2.75) is 91.3 Å². The molecule has 212 valence electrons. The molecule has 0 aromatic carbocycles. The lowest BCUT2D eigenvalue weighted by atomic mass is 9.48. The quantitative estimate of drug-likeness (QED) is 0.240. The van der Waals surface area contributed by atoms with E-state index in [0.717, 1.165) is 23.1 Å². The topological polar surface area (TPSA) is 135 Å². The molecule has 0 saturated heterocycles. The summed E-state index contributed by atoms with van der Waals surface area (Å²) in [5.41, 5.74) is 0.657. The molecule has 0 aromatic rings. The Hall–Kier alpha value is -2.22. The predicted molar refractivity (Wildman–Crippen MR) is 146 cm³/mol. The number of fused-ring (bicyclic) bond motifs is 3. The largest absolute Gasteiger partial charge is 0.481 e. The van der Waals surface area contributed by atoms with Crippen LogP contribution in [-0.4, -0.2) is 55.8 Å². The van der Waals surface area contributed by atoms with Crippen LogP contribution in [0.2, 0.25) is 0 Å². The van der Waals surface area contributed by atoms with Gasteiger partial charge in [0.1, 0.15) is 5.60 Å². The molecule has 0 unspecified atom stereocenters. The Morgan fingerprint density at radius 1 is 1.13 bits per heavy atom. The lowest BCUT2D eigenvalue weighted by molar-refractivity contribution is -0.148. The summed E-state index contributed by atoms with van der Waals surface area (Å²) >= 11 is 0. The zero-order valence-electron chi connectivity index (χ0n) is 23.6. The maximum absolute atomic E-state index is 12.6. The summed E-state index contributed by atoms with van der Waals surface area (Å²) in [6, 6.07) is 0. The third kappa shape index (κ3) is 4.82. The average Bonchev–Trinajstić information content (AvgIpc) is 3.03. The highest BCUT2D eigenvalue weighted by Crippen LogP contribution is 2.70. The number of carbonyl (C=O) groups is 2. The molecule has 0 bridgehead atoms. The van der Waals surface area contributed by atoms with Crippen molar-refractivity contribution in [1.82, 2.24) is 0 Å². The molecule has 3 rings (SSSR count). The van der Waals surface area contributed by atoms with Crippen LogP contribution in [0, 0.1) is 34.0 Å². The minimum absolute atomic E-state index is 0.0483. The van der Waals surface area contributed by atoms with E-state index in [0.29, 0.717) is 24.8 Å². The van der Waals surface area contributed by atoms with E-state index in [4.69, 9.17) is 0 Å². The van der Waals surface area contributed by atoms with E-state index >= 15 is 0 Å². The maximum atomic E-state index is 12.6. The third-order valence-corrected chi connectivity index (χ3v) is 10.6. The van der Waals surface area contributed by atoms with Crippen LogP contribution >= 0.6 is 0 Å². The molecule has 38 heavy (non-hydrogen) atoms. The summed E-state index contributed by atoms with van der Waals surface area (Å²) in [6.45, 7) is 17.4. The van der Waals surface area contributed by atoms with Gasteiger partial charge < -0.3 is 25.5 Å². The maximum Gasteiger partial charge on any atom is 0.306 e. The summed E-state index contributed by atoms with van der Waals surface area (Å²) in [7, 11) is 0. The second-order valence-electron chi connectivity index (χ2n) is 13.0. The lowest BCUT2D eigenvalue weighted by Crippen LogP contribution is -2.48. The molecular formula is C31H46O7. The van der Waals surface area contributed by atoms with Gasteiger partial charge in [-0.15, -0.1) is 0 Å². The van der Waals surface area contributed by atoms with Crippen molar-refractivity contribution in [2.75, 3.05) is 6.61 Å². The molecule has 0 spiro atoms. The summed E-state index contributed by atoms with van der Waals surface area (Å²) in [4.78, 5) is 24.1. The SMILES string of the molecule is C=C(C)[C@@H]1CC=C2C(=CC[C@]3(C)[C@@H]([C@@H](CCC(=C)[C@@](C)(O)CO)C(=O)O)[C@H](O)C[C@@]23C)[C@@]1(C)CCC(=O)O. The van der Waals surface area contributed by atoms with E-state index in [-0.39, 0.29) is 25.2 Å². The summed E-state index contributed by atoms with van der Waals surface area (Å²) in [5.74, 6) is -3.11. The fraction of sp³-hybridized carbons (Fsp3) is 0.677. The Labute approximate surface area is 226 Å². The second kappa shape index (κ2) is 10.4. The first-order chi connectivity index (χ1) is 17.5. The van der Waals surface area contributed by atoms with Crippen LogP contribution in [-0.2, 0) is 9.59 Å². The molecule has 3 aliphatic rings. The van der Waals surface area contributed by atoms with Gasteiger partial charge in [-0.3, -0.25) is 9.59 Å². The molecule has 0 heterocycles. The van der Waals surface area contributed by atoms with Crippen molar-refractivity contribution in [3.05, 3.63) is 47.6 Å². The molecule has 0 radical (unpaired) electrons. The Kier molecular flexibility index (Phi) is 8.30. The van der Waals surface area contributed by atoms with Gasteiger partial charge in [-0.2, -0.15) is 0 Å². The van der Waals surface area contributed by atoms with Crippen molar-refractivity contribution in [3.63, 3.8) is 0 Å². The molecule has 7 nitrogen and oxygen atoms in total. The predicted octanol–water partition coefficient (Wildman–Crippen LogP) is 4.88. The van der Waals surface area contributed by atoms with Crippen LogP contribution in [0.5, 0.6) is 0 Å². The number of rotatable bonds is 11. The molecule has 5 N–H and O–H groups in total. The van der Waals surface area contributed by atoms with Crippen molar-refractivity contribution in [1.29, 1.82) is 0 Å². The smallest absolute Gasteiger partial charge is 0.306 e. The van der Waals surface area contributed by atoms with E-state index in [1.165, 1.54) is 6.92 Å². The van der Waals surface area contributed by atoms with Gasteiger partial charge in [0.15, 0.2) is 0 Å². The molecule has 8 atom stereocenters. The van der Waals surface area contributed by atoms with E-state index in [1.807, 2.05) is 6.92 Å². The van der Waals surface area contributed by atoms with Gasteiger partial charge in [0.2, 0.25) is 0 Å². The van der Waals surface area contributed by atoms with Gasteiger partial charge in [-0.1, -0.05) is 51.7 Å². The summed E-state index contributed by atoms with van der Waals surface area (Å²) in [5, 5.41) is 51.1. The van der Waals surface area contributed by atoms with Crippen LogP contribution in [0.1, 0.15) is 79.6 Å². The molecular weight excluding hydrogens is 484 g/mol. The van der Waals surface area contributed by atoms with E-state index in [1.54, 1.807) is 0 Å². The highest BCUT2D eigenvalue weighted by atomic mass is 16.4. The molecule has 0 aromatic heterocycles. The average molecular weight is 531 g/mol. The van der Waals surface area contributed by atoms with E-state index in [2.05, 4.69) is 46.1 Å². The minimum Gasteiger partial charge on any atom is -0.481 e. The normalized spacial score (nSPS) is 36.7. The second-order valence-corrected chi connectivity index (χ2v) is 13.0. The van der Waals surface area contributed by atoms with Crippen molar-refractivity contribution < 1.29 is 35.1 Å². The molecule has 7 heteroatoms. The fourth-order valence-electron chi connectivity index (χ4n) is 7.93. The van der Waals surface area contributed by atoms with Crippen LogP contribution < -0.4 is 0 Å². The lowest BCUT2D eigenvalue weighted by Gasteiger charge is -2.56.